The molecule has 2 nitrogen and oxygen atoms in total. The molecule has 0 saturated carbocycles. The molecule has 0 aromatic carbocycles. The van der Waals surface area contributed by atoms with Crippen molar-refractivity contribution in [1.82, 2.24) is 0 Å². The van der Waals surface area contributed by atoms with Crippen LogP contribution in [0.1, 0.15) is 20.3 Å². The molecule has 0 radical (unpaired) electrons. The van der Waals surface area contributed by atoms with Crippen LogP contribution in [0.5, 0.6) is 0 Å². The van der Waals surface area contributed by atoms with Gasteiger partial charge >= 0.3 is 0 Å². The molecular formula is C7H12N2. The molecule has 0 amide bonds. The zero-order valence-electron chi connectivity index (χ0n) is 5.96. The lowest BCUT2D eigenvalue weighted by molar-refractivity contribution is 0.500. The molecule has 0 bridgehead atoms. The van der Waals surface area contributed by atoms with E-state index in [-0.39, 0.29) is 5.41 Å². The van der Waals surface area contributed by atoms with Crippen molar-refractivity contribution in [3.8, 4) is 0 Å². The summed E-state index contributed by atoms with van der Waals surface area (Å²) < 4.78 is 0. The van der Waals surface area contributed by atoms with Crippen LogP contribution in [0.15, 0.2) is 9.98 Å². The smallest absolute Gasteiger partial charge is 0.109 e. The van der Waals surface area contributed by atoms with Gasteiger partial charge in [-0.15, -0.1) is 0 Å². The third-order valence-electron chi connectivity index (χ3n) is 1.46. The molecule has 50 valence electrons. The van der Waals surface area contributed by atoms with Crippen molar-refractivity contribution in [2.45, 2.75) is 20.3 Å². The van der Waals surface area contributed by atoms with E-state index in [0.29, 0.717) is 0 Å². The zero-order valence-corrected chi connectivity index (χ0v) is 5.96. The fourth-order valence-electron chi connectivity index (χ4n) is 0.757. The van der Waals surface area contributed by atoms with Crippen molar-refractivity contribution in [3.63, 3.8) is 0 Å². The SMILES string of the molecule is CC1(C)C=NC=NCC1. The highest BCUT2D eigenvalue weighted by molar-refractivity contribution is 5.76. The summed E-state index contributed by atoms with van der Waals surface area (Å²) in [6, 6.07) is 0. The minimum Gasteiger partial charge on any atom is -0.273 e. The normalized spacial score (nSPS) is 23.8. The Kier molecular flexibility index (Phi) is 1.65. The average molecular weight is 124 g/mol. The third kappa shape index (κ3) is 1.96. The molecule has 1 aliphatic heterocycles. The molecule has 0 spiro atoms. The Balaban J connectivity index is 2.62. The largest absolute Gasteiger partial charge is 0.273 e. The van der Waals surface area contributed by atoms with E-state index in [0.717, 1.165) is 13.0 Å². The van der Waals surface area contributed by atoms with Crippen molar-refractivity contribution >= 4 is 12.6 Å². The van der Waals surface area contributed by atoms with E-state index in [9.17, 15) is 0 Å². The lowest BCUT2D eigenvalue weighted by Gasteiger charge is -2.14. The molecule has 0 saturated heterocycles. The van der Waals surface area contributed by atoms with Gasteiger partial charge in [0.15, 0.2) is 0 Å². The van der Waals surface area contributed by atoms with Gasteiger partial charge in [0.1, 0.15) is 6.34 Å². The maximum Gasteiger partial charge on any atom is 0.109 e. The van der Waals surface area contributed by atoms with Gasteiger partial charge in [-0.2, -0.15) is 0 Å². The van der Waals surface area contributed by atoms with Crippen molar-refractivity contribution < 1.29 is 0 Å². The van der Waals surface area contributed by atoms with E-state index in [2.05, 4.69) is 23.8 Å². The molecule has 0 aromatic heterocycles. The summed E-state index contributed by atoms with van der Waals surface area (Å²) in [6.45, 7) is 5.25. The van der Waals surface area contributed by atoms with E-state index >= 15 is 0 Å². The van der Waals surface area contributed by atoms with Crippen LogP contribution in [0.4, 0.5) is 0 Å². The van der Waals surface area contributed by atoms with Gasteiger partial charge in [0.2, 0.25) is 0 Å². The average Bonchev–Trinajstić information content (AvgIpc) is 1.92. The van der Waals surface area contributed by atoms with Crippen LogP contribution >= 0.6 is 0 Å². The van der Waals surface area contributed by atoms with Crippen LogP contribution in [-0.4, -0.2) is 19.1 Å². The summed E-state index contributed by atoms with van der Waals surface area (Å²) in [5.74, 6) is 0. The number of rotatable bonds is 0. The Morgan fingerprint density at radius 2 is 2.22 bits per heavy atom. The molecule has 1 heterocycles. The fourth-order valence-corrected chi connectivity index (χ4v) is 0.757. The standard InChI is InChI=1S/C7H12N2/c1-7(2)3-4-8-6-9-5-7/h5-6H,3-4H2,1-2H3. The first-order chi connectivity index (χ1) is 4.21. The zero-order chi connectivity index (χ0) is 6.74. The van der Waals surface area contributed by atoms with Gasteiger partial charge in [0.05, 0.1) is 0 Å². The Morgan fingerprint density at radius 3 is 3.00 bits per heavy atom. The number of aliphatic imine (C=N–C) groups is 2. The Morgan fingerprint density at radius 1 is 1.44 bits per heavy atom. The molecule has 0 aliphatic carbocycles. The second-order valence-corrected chi connectivity index (χ2v) is 3.04. The van der Waals surface area contributed by atoms with Crippen LogP contribution in [-0.2, 0) is 0 Å². The van der Waals surface area contributed by atoms with Gasteiger partial charge in [-0.3, -0.25) is 4.99 Å². The molecular weight excluding hydrogens is 112 g/mol. The predicted octanol–water partition coefficient (Wildman–Crippen LogP) is 1.52. The van der Waals surface area contributed by atoms with Crippen molar-refractivity contribution in [1.29, 1.82) is 0 Å². The van der Waals surface area contributed by atoms with Crippen LogP contribution < -0.4 is 0 Å². The molecule has 2 heteroatoms. The van der Waals surface area contributed by atoms with Gasteiger partial charge in [0, 0.05) is 18.2 Å². The molecule has 0 N–H and O–H groups in total. The maximum atomic E-state index is 4.04. The van der Waals surface area contributed by atoms with Crippen LogP contribution in [0.3, 0.4) is 0 Å². The molecule has 0 unspecified atom stereocenters. The predicted molar refractivity (Wildman–Crippen MR) is 40.2 cm³/mol. The lowest BCUT2D eigenvalue weighted by atomic mass is 9.91. The van der Waals surface area contributed by atoms with Gasteiger partial charge in [-0.25, -0.2) is 4.99 Å². The first kappa shape index (κ1) is 6.46. The fraction of sp³-hybridized carbons (Fsp3) is 0.714. The Bertz CT molecular complexity index is 145. The molecule has 0 fully saturated rings. The number of hydrogen-bond acceptors (Lipinski definition) is 2. The second-order valence-electron chi connectivity index (χ2n) is 3.04. The number of nitrogens with zero attached hydrogens (tertiary/aromatic N) is 2. The molecule has 1 rings (SSSR count). The monoisotopic (exact) mass is 124 g/mol. The highest BCUT2D eigenvalue weighted by atomic mass is 14.9. The van der Waals surface area contributed by atoms with Crippen LogP contribution in [0.2, 0.25) is 0 Å². The van der Waals surface area contributed by atoms with E-state index in [1.807, 2.05) is 6.21 Å². The van der Waals surface area contributed by atoms with E-state index in [1.54, 1.807) is 6.34 Å². The second kappa shape index (κ2) is 2.29. The summed E-state index contributed by atoms with van der Waals surface area (Å²) in [4.78, 5) is 8.05. The van der Waals surface area contributed by atoms with E-state index in [4.69, 9.17) is 0 Å². The van der Waals surface area contributed by atoms with Gasteiger partial charge in [-0.05, 0) is 6.42 Å². The van der Waals surface area contributed by atoms with Gasteiger partial charge in [0.25, 0.3) is 0 Å². The number of hydrogen-bond donors (Lipinski definition) is 0. The molecule has 0 atom stereocenters. The maximum absolute atomic E-state index is 4.04. The third-order valence-corrected chi connectivity index (χ3v) is 1.46. The summed E-state index contributed by atoms with van der Waals surface area (Å²) in [6.07, 6.45) is 4.70. The molecule has 9 heavy (non-hydrogen) atoms. The quantitative estimate of drug-likeness (QED) is 0.467. The highest BCUT2D eigenvalue weighted by Gasteiger charge is 2.14. The Hall–Kier alpha value is -0.660. The van der Waals surface area contributed by atoms with Crippen molar-refractivity contribution in [3.05, 3.63) is 0 Å². The minimum absolute atomic E-state index is 0.247. The van der Waals surface area contributed by atoms with Crippen molar-refractivity contribution in [2.75, 3.05) is 6.54 Å². The highest BCUT2D eigenvalue weighted by Crippen LogP contribution is 2.17. The lowest BCUT2D eigenvalue weighted by Crippen LogP contribution is -2.12. The molecule has 0 aromatic rings. The van der Waals surface area contributed by atoms with E-state index in [1.165, 1.54) is 0 Å². The van der Waals surface area contributed by atoms with Gasteiger partial charge < -0.3 is 0 Å². The summed E-state index contributed by atoms with van der Waals surface area (Å²) in [7, 11) is 0. The van der Waals surface area contributed by atoms with E-state index < -0.39 is 0 Å². The summed E-state index contributed by atoms with van der Waals surface area (Å²) >= 11 is 0. The first-order valence-corrected chi connectivity index (χ1v) is 3.23. The van der Waals surface area contributed by atoms with Crippen molar-refractivity contribution in [2.24, 2.45) is 15.4 Å². The topological polar surface area (TPSA) is 24.7 Å². The summed E-state index contributed by atoms with van der Waals surface area (Å²) in [5, 5.41) is 0. The Labute approximate surface area is 55.7 Å². The first-order valence-electron chi connectivity index (χ1n) is 3.23. The molecule has 1 aliphatic rings. The van der Waals surface area contributed by atoms with Crippen LogP contribution in [0, 0.1) is 5.41 Å². The van der Waals surface area contributed by atoms with Gasteiger partial charge in [-0.1, -0.05) is 13.8 Å². The summed E-state index contributed by atoms with van der Waals surface area (Å²) in [5.41, 5.74) is 0.247. The van der Waals surface area contributed by atoms with Crippen LogP contribution in [0.25, 0.3) is 0 Å². The minimum atomic E-state index is 0.247.